The molecule has 2 amide bonds. The summed E-state index contributed by atoms with van der Waals surface area (Å²) in [6, 6.07) is 8.78. The average Bonchev–Trinajstić information content (AvgIpc) is 2.97. The smallest absolute Gasteiger partial charge is 0.265 e. The number of nitriles is 1. The molecule has 0 saturated carbocycles. The van der Waals surface area contributed by atoms with Gasteiger partial charge in [0, 0.05) is 0 Å². The Hall–Kier alpha value is -3.18. The zero-order valence-corrected chi connectivity index (χ0v) is 14.1. The number of hydrazine groups is 1. The predicted molar refractivity (Wildman–Crippen MR) is 89.3 cm³/mol. The summed E-state index contributed by atoms with van der Waals surface area (Å²) in [7, 11) is 0. The monoisotopic (exact) mass is 341 g/mol. The van der Waals surface area contributed by atoms with Crippen molar-refractivity contribution in [1.82, 2.24) is 14.8 Å². The summed E-state index contributed by atoms with van der Waals surface area (Å²) < 4.78 is 7.46. The van der Waals surface area contributed by atoms with Gasteiger partial charge < -0.3 is 4.74 Å². The van der Waals surface area contributed by atoms with Gasteiger partial charge in [-0.05, 0) is 37.1 Å². The van der Waals surface area contributed by atoms with Gasteiger partial charge in [0.05, 0.1) is 17.3 Å². The molecule has 2 rings (SSSR count). The second-order valence-electron chi connectivity index (χ2n) is 5.23. The number of rotatable bonds is 7. The molecule has 0 aliphatic heterocycles. The average molecular weight is 341 g/mol. The van der Waals surface area contributed by atoms with Crippen molar-refractivity contribution in [2.45, 2.75) is 33.2 Å². The molecular formula is C17H19N5O3. The summed E-state index contributed by atoms with van der Waals surface area (Å²) in [6.07, 6.45) is 1.45. The molecule has 0 radical (unpaired) electrons. The highest BCUT2D eigenvalue weighted by Gasteiger charge is 2.20. The van der Waals surface area contributed by atoms with Crippen LogP contribution in [0.2, 0.25) is 0 Å². The second-order valence-corrected chi connectivity index (χ2v) is 5.23. The lowest BCUT2D eigenvalue weighted by atomic mass is 10.2. The maximum Gasteiger partial charge on any atom is 0.265 e. The van der Waals surface area contributed by atoms with Gasteiger partial charge in [0.1, 0.15) is 18.0 Å². The molecular weight excluding hydrogens is 322 g/mol. The van der Waals surface area contributed by atoms with Gasteiger partial charge in [-0.2, -0.15) is 10.4 Å². The number of hydrogen-bond donors (Lipinski definition) is 1. The number of aromatic nitrogens is 2. The van der Waals surface area contributed by atoms with Crippen LogP contribution in [0.3, 0.4) is 0 Å². The number of amides is 2. The van der Waals surface area contributed by atoms with E-state index in [1.807, 2.05) is 13.8 Å². The van der Waals surface area contributed by atoms with E-state index in [0.29, 0.717) is 40.6 Å². The Labute approximate surface area is 145 Å². The molecule has 0 atom stereocenters. The highest BCUT2D eigenvalue weighted by Crippen LogP contribution is 2.30. The number of imide groups is 1. The summed E-state index contributed by atoms with van der Waals surface area (Å²) in [6.45, 7) is 3.70. The maximum absolute atomic E-state index is 11.9. The predicted octanol–water partition coefficient (Wildman–Crippen LogP) is 1.53. The van der Waals surface area contributed by atoms with Crippen molar-refractivity contribution >= 4 is 12.3 Å². The lowest BCUT2D eigenvalue weighted by molar-refractivity contribution is -0.139. The number of carbonyl (C=O) groups is 2. The molecule has 8 heteroatoms. The first-order valence-corrected chi connectivity index (χ1v) is 7.82. The van der Waals surface area contributed by atoms with Crippen molar-refractivity contribution in [2.75, 3.05) is 0 Å². The SMILES string of the molecule is CCc1nn(CC(=O)N(N)C=O)c(CC)c1Oc1ccc(C#N)cc1. The molecule has 0 bridgehead atoms. The fraction of sp³-hybridized carbons (Fsp3) is 0.294. The molecule has 0 fully saturated rings. The molecule has 1 aromatic heterocycles. The molecule has 130 valence electrons. The lowest BCUT2D eigenvalue weighted by Crippen LogP contribution is -2.38. The van der Waals surface area contributed by atoms with Gasteiger partial charge in [0.2, 0.25) is 6.41 Å². The Balaban J connectivity index is 2.34. The zero-order chi connectivity index (χ0) is 18.4. The van der Waals surface area contributed by atoms with Gasteiger partial charge >= 0.3 is 0 Å². The first-order chi connectivity index (χ1) is 12.0. The van der Waals surface area contributed by atoms with Gasteiger partial charge in [0.25, 0.3) is 5.91 Å². The van der Waals surface area contributed by atoms with Crippen molar-refractivity contribution in [3.63, 3.8) is 0 Å². The molecule has 0 aliphatic rings. The van der Waals surface area contributed by atoms with Crippen LogP contribution in [0.5, 0.6) is 11.5 Å². The normalized spacial score (nSPS) is 10.2. The van der Waals surface area contributed by atoms with E-state index in [4.69, 9.17) is 15.8 Å². The van der Waals surface area contributed by atoms with E-state index in [1.165, 1.54) is 4.68 Å². The molecule has 2 aromatic rings. The standard InChI is InChI=1S/C17H19N5O3/c1-3-14-17(25-13-7-5-12(9-18)6-8-13)15(4-2)22(20-14)10-16(24)21(19)11-23/h5-8,11H,3-4,10,19H2,1-2H3. The minimum absolute atomic E-state index is 0.151. The van der Waals surface area contributed by atoms with E-state index in [-0.39, 0.29) is 13.0 Å². The topological polar surface area (TPSA) is 114 Å². The van der Waals surface area contributed by atoms with Crippen molar-refractivity contribution in [3.05, 3.63) is 41.2 Å². The Bertz CT molecular complexity index is 805. The number of ether oxygens (including phenoxy) is 1. The summed E-state index contributed by atoms with van der Waals surface area (Å²) in [4.78, 5) is 22.5. The lowest BCUT2D eigenvalue weighted by Gasteiger charge is -2.11. The zero-order valence-electron chi connectivity index (χ0n) is 14.1. The van der Waals surface area contributed by atoms with Gasteiger partial charge in [0.15, 0.2) is 5.75 Å². The van der Waals surface area contributed by atoms with Crippen LogP contribution in [0.4, 0.5) is 0 Å². The highest BCUT2D eigenvalue weighted by atomic mass is 16.5. The molecule has 0 spiro atoms. The molecule has 1 aromatic carbocycles. The van der Waals surface area contributed by atoms with E-state index in [0.717, 1.165) is 5.69 Å². The van der Waals surface area contributed by atoms with Crippen LogP contribution in [-0.2, 0) is 29.0 Å². The minimum atomic E-state index is -0.570. The van der Waals surface area contributed by atoms with Crippen molar-refractivity contribution in [2.24, 2.45) is 5.84 Å². The largest absolute Gasteiger partial charge is 0.453 e. The van der Waals surface area contributed by atoms with Crippen molar-refractivity contribution < 1.29 is 14.3 Å². The molecule has 0 aliphatic carbocycles. The first kappa shape index (κ1) is 18.2. The van der Waals surface area contributed by atoms with Crippen LogP contribution < -0.4 is 10.6 Å². The van der Waals surface area contributed by atoms with Gasteiger partial charge in [-0.15, -0.1) is 0 Å². The Morgan fingerprint density at radius 2 is 2.04 bits per heavy atom. The summed E-state index contributed by atoms with van der Waals surface area (Å²) in [5.41, 5.74) is 1.97. The number of nitrogens with zero attached hydrogens (tertiary/aromatic N) is 4. The molecule has 1 heterocycles. The van der Waals surface area contributed by atoms with Crippen LogP contribution in [0.25, 0.3) is 0 Å². The van der Waals surface area contributed by atoms with E-state index < -0.39 is 5.91 Å². The summed E-state index contributed by atoms with van der Waals surface area (Å²) >= 11 is 0. The fourth-order valence-corrected chi connectivity index (χ4v) is 2.34. The first-order valence-electron chi connectivity index (χ1n) is 7.82. The third-order valence-electron chi connectivity index (χ3n) is 3.64. The Morgan fingerprint density at radius 1 is 1.36 bits per heavy atom. The van der Waals surface area contributed by atoms with E-state index in [1.54, 1.807) is 24.3 Å². The van der Waals surface area contributed by atoms with Crippen LogP contribution >= 0.6 is 0 Å². The van der Waals surface area contributed by atoms with Crippen LogP contribution in [0.15, 0.2) is 24.3 Å². The van der Waals surface area contributed by atoms with E-state index in [9.17, 15) is 9.59 Å². The molecule has 25 heavy (non-hydrogen) atoms. The van der Waals surface area contributed by atoms with Gasteiger partial charge in [-0.25, -0.2) is 10.9 Å². The number of hydrogen-bond acceptors (Lipinski definition) is 6. The van der Waals surface area contributed by atoms with Gasteiger partial charge in [-0.3, -0.25) is 14.3 Å². The summed E-state index contributed by atoms with van der Waals surface area (Å²) in [5.74, 6) is 5.88. The molecule has 0 saturated heterocycles. The third kappa shape index (κ3) is 4.02. The molecule has 2 N–H and O–H groups in total. The molecule has 8 nitrogen and oxygen atoms in total. The fourth-order valence-electron chi connectivity index (χ4n) is 2.34. The highest BCUT2D eigenvalue weighted by molar-refractivity contribution is 5.85. The van der Waals surface area contributed by atoms with E-state index in [2.05, 4.69) is 11.2 Å². The maximum atomic E-state index is 11.9. The second kappa shape index (κ2) is 8.08. The Morgan fingerprint density at radius 3 is 2.56 bits per heavy atom. The number of benzene rings is 1. The minimum Gasteiger partial charge on any atom is -0.453 e. The third-order valence-corrected chi connectivity index (χ3v) is 3.64. The quantitative estimate of drug-likeness (QED) is 0.353. The number of carbonyl (C=O) groups excluding carboxylic acids is 2. The number of aryl methyl sites for hydroxylation is 1. The molecule has 0 unspecified atom stereocenters. The van der Waals surface area contributed by atoms with Crippen LogP contribution in [-0.4, -0.2) is 27.1 Å². The summed E-state index contributed by atoms with van der Waals surface area (Å²) in [5, 5.41) is 13.8. The Kier molecular flexibility index (Phi) is 5.87. The van der Waals surface area contributed by atoms with Gasteiger partial charge in [-0.1, -0.05) is 13.8 Å². The van der Waals surface area contributed by atoms with Crippen LogP contribution in [0, 0.1) is 11.3 Å². The number of nitrogens with two attached hydrogens (primary N) is 1. The van der Waals surface area contributed by atoms with Crippen molar-refractivity contribution in [3.8, 4) is 17.6 Å². The van der Waals surface area contributed by atoms with Crippen molar-refractivity contribution in [1.29, 1.82) is 5.26 Å². The van der Waals surface area contributed by atoms with Crippen LogP contribution in [0.1, 0.15) is 30.8 Å². The van der Waals surface area contributed by atoms with E-state index >= 15 is 0 Å².